The van der Waals surface area contributed by atoms with Gasteiger partial charge in [0.1, 0.15) is 0 Å². The van der Waals surface area contributed by atoms with Crippen molar-refractivity contribution in [3.8, 4) is 11.5 Å². The summed E-state index contributed by atoms with van der Waals surface area (Å²) in [4.78, 5) is 18.9. The van der Waals surface area contributed by atoms with Gasteiger partial charge in [0.2, 0.25) is 5.82 Å². The van der Waals surface area contributed by atoms with Gasteiger partial charge in [-0.1, -0.05) is 0 Å². The molecular formula is C16H15F4N3O3. The van der Waals surface area contributed by atoms with Crippen LogP contribution in [0.4, 0.5) is 17.6 Å². The highest BCUT2D eigenvalue weighted by Gasteiger charge is 2.36. The normalized spacial score (nSPS) is 15.0. The van der Waals surface area contributed by atoms with Gasteiger partial charge in [-0.2, -0.15) is 13.2 Å². The maximum Gasteiger partial charge on any atom is 0.449 e. The standard InChI is InChI=1S/C16H15F4N3O3/c1-26-12-5-8(4-10(17)13(12)24)6-23-3-2-9-11(7-23)21-15(16(18,19)20)22-14(9)25/h4-5,24H,2-3,6-7H2,1H3,(H,21,22,25). The number of aromatic amines is 1. The SMILES string of the molecule is COc1cc(CN2CCc3c(nc(C(F)(F)F)[nH]c3=O)C2)cc(F)c1O. The fraction of sp³-hybridized carbons (Fsp3) is 0.375. The van der Waals surface area contributed by atoms with Crippen LogP contribution in [0.1, 0.15) is 22.6 Å². The number of nitrogens with zero attached hydrogens (tertiary/aromatic N) is 2. The number of aromatic nitrogens is 2. The number of benzene rings is 1. The number of H-pyrrole nitrogens is 1. The number of hydrogen-bond acceptors (Lipinski definition) is 5. The zero-order chi connectivity index (χ0) is 19.1. The van der Waals surface area contributed by atoms with Crippen LogP contribution in [0, 0.1) is 5.82 Å². The third-order valence-corrected chi connectivity index (χ3v) is 4.14. The summed E-state index contributed by atoms with van der Waals surface area (Å²) in [5, 5.41) is 9.53. The molecule has 1 aliphatic rings. The van der Waals surface area contributed by atoms with E-state index in [2.05, 4.69) is 4.98 Å². The number of phenols is 1. The summed E-state index contributed by atoms with van der Waals surface area (Å²) < 4.78 is 57.1. The number of aromatic hydroxyl groups is 1. The molecule has 1 aromatic heterocycles. The number of alkyl halides is 3. The van der Waals surface area contributed by atoms with Crippen molar-refractivity contribution in [2.45, 2.75) is 25.7 Å². The summed E-state index contributed by atoms with van der Waals surface area (Å²) in [5.41, 5.74) is -0.0388. The topological polar surface area (TPSA) is 78.5 Å². The summed E-state index contributed by atoms with van der Waals surface area (Å²) >= 11 is 0. The number of fused-ring (bicyclic) bond motifs is 1. The minimum absolute atomic E-state index is 0.0210. The summed E-state index contributed by atoms with van der Waals surface area (Å²) in [6.45, 7) is 0.615. The van der Waals surface area contributed by atoms with E-state index in [0.717, 1.165) is 6.07 Å². The number of rotatable bonds is 3. The van der Waals surface area contributed by atoms with Gasteiger partial charge in [0, 0.05) is 25.2 Å². The van der Waals surface area contributed by atoms with Crippen LogP contribution in [0.15, 0.2) is 16.9 Å². The Morgan fingerprint density at radius 1 is 1.38 bits per heavy atom. The molecule has 1 aromatic carbocycles. The van der Waals surface area contributed by atoms with Crippen LogP contribution in [0.5, 0.6) is 11.5 Å². The Hall–Kier alpha value is -2.62. The predicted molar refractivity (Wildman–Crippen MR) is 82.3 cm³/mol. The van der Waals surface area contributed by atoms with Gasteiger partial charge in [-0.05, 0) is 24.1 Å². The first-order chi connectivity index (χ1) is 12.2. The molecule has 6 nitrogen and oxygen atoms in total. The molecule has 1 aliphatic heterocycles. The number of nitrogens with one attached hydrogen (secondary N) is 1. The second-order valence-corrected chi connectivity index (χ2v) is 5.93. The Labute approximate surface area is 145 Å². The molecule has 0 saturated carbocycles. The molecule has 0 bridgehead atoms. The summed E-state index contributed by atoms with van der Waals surface area (Å²) in [5.74, 6) is -2.83. The Morgan fingerprint density at radius 3 is 2.77 bits per heavy atom. The van der Waals surface area contributed by atoms with Gasteiger partial charge >= 0.3 is 6.18 Å². The van der Waals surface area contributed by atoms with E-state index < -0.39 is 29.1 Å². The first-order valence-electron chi connectivity index (χ1n) is 7.66. The van der Waals surface area contributed by atoms with Gasteiger partial charge < -0.3 is 14.8 Å². The van der Waals surface area contributed by atoms with Crippen molar-refractivity contribution in [2.24, 2.45) is 0 Å². The molecule has 10 heteroatoms. The van der Waals surface area contributed by atoms with E-state index in [1.165, 1.54) is 13.2 Å². The van der Waals surface area contributed by atoms with Gasteiger partial charge in [-0.3, -0.25) is 9.69 Å². The molecule has 140 valence electrons. The maximum atomic E-state index is 13.7. The van der Waals surface area contributed by atoms with E-state index in [-0.39, 0.29) is 36.5 Å². The number of methoxy groups -OCH3 is 1. The Morgan fingerprint density at radius 2 is 2.12 bits per heavy atom. The predicted octanol–water partition coefficient (Wildman–Crippen LogP) is 2.20. The van der Waals surface area contributed by atoms with Gasteiger partial charge in [-0.25, -0.2) is 9.37 Å². The highest BCUT2D eigenvalue weighted by molar-refractivity contribution is 5.43. The molecule has 0 spiro atoms. The second kappa shape index (κ2) is 6.60. The van der Waals surface area contributed by atoms with E-state index in [1.54, 1.807) is 9.88 Å². The quantitative estimate of drug-likeness (QED) is 0.807. The van der Waals surface area contributed by atoms with Crippen LogP contribution < -0.4 is 10.3 Å². The molecule has 0 atom stereocenters. The molecule has 0 unspecified atom stereocenters. The molecule has 2 aromatic rings. The van der Waals surface area contributed by atoms with Crippen LogP contribution in [0.2, 0.25) is 0 Å². The van der Waals surface area contributed by atoms with E-state index in [1.807, 2.05) is 0 Å². The van der Waals surface area contributed by atoms with E-state index in [4.69, 9.17) is 4.74 Å². The summed E-state index contributed by atoms with van der Waals surface area (Å²) in [6.07, 6.45) is -4.52. The highest BCUT2D eigenvalue weighted by atomic mass is 19.4. The van der Waals surface area contributed by atoms with Crippen LogP contribution in [0.3, 0.4) is 0 Å². The van der Waals surface area contributed by atoms with Crippen molar-refractivity contribution in [3.05, 3.63) is 50.9 Å². The van der Waals surface area contributed by atoms with Crippen molar-refractivity contribution >= 4 is 0 Å². The van der Waals surface area contributed by atoms with Crippen LogP contribution in [-0.2, 0) is 25.7 Å². The monoisotopic (exact) mass is 373 g/mol. The number of halogens is 4. The molecule has 3 rings (SSSR count). The Kier molecular flexibility index (Phi) is 4.61. The van der Waals surface area contributed by atoms with Crippen molar-refractivity contribution < 1.29 is 27.4 Å². The molecule has 0 fully saturated rings. The van der Waals surface area contributed by atoms with Crippen molar-refractivity contribution in [2.75, 3.05) is 13.7 Å². The van der Waals surface area contributed by atoms with E-state index in [9.17, 15) is 27.5 Å². The number of ether oxygens (including phenoxy) is 1. The van der Waals surface area contributed by atoms with Crippen LogP contribution in [-0.4, -0.2) is 33.6 Å². The molecule has 26 heavy (non-hydrogen) atoms. The third kappa shape index (κ3) is 3.50. The van der Waals surface area contributed by atoms with Crippen molar-refractivity contribution in [1.82, 2.24) is 14.9 Å². The zero-order valence-electron chi connectivity index (χ0n) is 13.7. The van der Waals surface area contributed by atoms with Crippen molar-refractivity contribution in [3.63, 3.8) is 0 Å². The molecular weight excluding hydrogens is 358 g/mol. The maximum absolute atomic E-state index is 13.7. The number of phenolic OH excluding ortho intramolecular Hbond substituents is 1. The lowest BCUT2D eigenvalue weighted by Crippen LogP contribution is -2.36. The lowest BCUT2D eigenvalue weighted by Gasteiger charge is -2.28. The summed E-state index contributed by atoms with van der Waals surface area (Å²) in [6, 6.07) is 2.57. The summed E-state index contributed by atoms with van der Waals surface area (Å²) in [7, 11) is 1.28. The van der Waals surface area contributed by atoms with Gasteiger partial charge in [0.15, 0.2) is 17.3 Å². The molecule has 2 heterocycles. The molecule has 0 aliphatic carbocycles. The Balaban J connectivity index is 1.86. The minimum atomic E-state index is -4.75. The second-order valence-electron chi connectivity index (χ2n) is 5.93. The molecule has 0 saturated heterocycles. The fourth-order valence-electron chi connectivity index (χ4n) is 2.90. The zero-order valence-corrected chi connectivity index (χ0v) is 13.7. The van der Waals surface area contributed by atoms with Gasteiger partial charge in [-0.15, -0.1) is 0 Å². The highest BCUT2D eigenvalue weighted by Crippen LogP contribution is 2.31. The lowest BCUT2D eigenvalue weighted by atomic mass is 10.1. The third-order valence-electron chi connectivity index (χ3n) is 4.14. The fourth-order valence-corrected chi connectivity index (χ4v) is 2.90. The first-order valence-corrected chi connectivity index (χ1v) is 7.66. The minimum Gasteiger partial charge on any atom is -0.502 e. The van der Waals surface area contributed by atoms with Gasteiger partial charge in [0.05, 0.1) is 12.8 Å². The molecule has 2 N–H and O–H groups in total. The van der Waals surface area contributed by atoms with Gasteiger partial charge in [0.25, 0.3) is 5.56 Å². The van der Waals surface area contributed by atoms with Crippen LogP contribution in [0.25, 0.3) is 0 Å². The average Bonchev–Trinajstić information content (AvgIpc) is 2.56. The lowest BCUT2D eigenvalue weighted by molar-refractivity contribution is -0.145. The smallest absolute Gasteiger partial charge is 0.449 e. The largest absolute Gasteiger partial charge is 0.502 e. The van der Waals surface area contributed by atoms with Crippen LogP contribution >= 0.6 is 0 Å². The van der Waals surface area contributed by atoms with Crippen molar-refractivity contribution in [1.29, 1.82) is 0 Å². The molecule has 0 amide bonds. The average molecular weight is 373 g/mol. The first kappa shape index (κ1) is 18.2. The number of hydrogen-bond donors (Lipinski definition) is 2. The molecule has 0 radical (unpaired) electrons. The Bertz CT molecular complexity index is 896. The van der Waals surface area contributed by atoms with E-state index >= 15 is 0 Å². The van der Waals surface area contributed by atoms with E-state index in [0.29, 0.717) is 12.1 Å².